The molecule has 176 valence electrons. The third-order valence-electron chi connectivity index (χ3n) is 5.73. The Labute approximate surface area is 192 Å². The van der Waals surface area contributed by atoms with Crippen LogP contribution in [-0.2, 0) is 24.1 Å². The smallest absolute Gasteiger partial charge is 0.251 e. The number of hydroxylamine groups is 1. The van der Waals surface area contributed by atoms with Gasteiger partial charge >= 0.3 is 0 Å². The van der Waals surface area contributed by atoms with Gasteiger partial charge in [0.2, 0.25) is 5.91 Å². The van der Waals surface area contributed by atoms with E-state index < -0.39 is 23.7 Å². The maximum absolute atomic E-state index is 13.0. The Morgan fingerprint density at radius 3 is 2.52 bits per heavy atom. The summed E-state index contributed by atoms with van der Waals surface area (Å²) in [5, 5.41) is 12.9. The van der Waals surface area contributed by atoms with E-state index in [1.807, 2.05) is 6.07 Å². The summed E-state index contributed by atoms with van der Waals surface area (Å²) in [4.78, 5) is 24.0. The number of amides is 2. The normalized spacial score (nSPS) is 14.2. The largest absolute Gasteiger partial charge is 0.399 e. The van der Waals surface area contributed by atoms with Crippen LogP contribution in [0.1, 0.15) is 46.3 Å². The summed E-state index contributed by atoms with van der Waals surface area (Å²) in [7, 11) is 0. The number of fused-ring (bicyclic) bond motifs is 1. The number of aryl methyl sites for hydroxylation is 2. The molecular formula is C24H30FN5O3. The molecule has 0 aliphatic heterocycles. The number of nitrogens with zero attached hydrogens (tertiary/aromatic N) is 1. The van der Waals surface area contributed by atoms with Gasteiger partial charge < -0.3 is 16.1 Å². The lowest BCUT2D eigenvalue weighted by Gasteiger charge is -2.27. The second kappa shape index (κ2) is 11.4. The highest BCUT2D eigenvalue weighted by molar-refractivity contribution is 5.94. The molecule has 2 aromatic carbocycles. The van der Waals surface area contributed by atoms with Gasteiger partial charge in [-0.1, -0.05) is 18.2 Å². The minimum atomic E-state index is -0.565. The van der Waals surface area contributed by atoms with Crippen molar-refractivity contribution in [3.8, 4) is 0 Å². The minimum Gasteiger partial charge on any atom is -0.399 e. The maximum atomic E-state index is 13.0. The lowest BCUT2D eigenvalue weighted by Crippen LogP contribution is -2.42. The van der Waals surface area contributed by atoms with E-state index in [4.69, 9.17) is 16.8 Å². The number of hydrogen-bond donors (Lipinski definition) is 5. The fourth-order valence-electron chi connectivity index (χ4n) is 3.96. The van der Waals surface area contributed by atoms with Gasteiger partial charge in [0.15, 0.2) is 0 Å². The molecule has 9 heteroatoms. The monoisotopic (exact) mass is 455 g/mol. The van der Waals surface area contributed by atoms with Crippen LogP contribution in [0.2, 0.25) is 0 Å². The Hall–Kier alpha value is -3.43. The Kier molecular flexibility index (Phi) is 8.39. The first-order chi connectivity index (χ1) is 15.9. The number of nitrogens with two attached hydrogens (primary N) is 2. The van der Waals surface area contributed by atoms with E-state index >= 15 is 0 Å². The van der Waals surface area contributed by atoms with E-state index in [0.29, 0.717) is 12.0 Å². The average molecular weight is 456 g/mol. The van der Waals surface area contributed by atoms with E-state index in [1.165, 1.54) is 59.4 Å². The molecule has 8 nitrogen and oxygen atoms in total. The number of hydrogen-bond acceptors (Lipinski definition) is 6. The van der Waals surface area contributed by atoms with Gasteiger partial charge in [0.05, 0.1) is 19.0 Å². The number of nitrogens with one attached hydrogen (secondary N) is 2. The quantitative estimate of drug-likeness (QED) is 0.223. The molecule has 1 aliphatic rings. The topological polar surface area (TPSA) is 134 Å². The fraction of sp³-hybridized carbons (Fsp3) is 0.333. The zero-order valence-corrected chi connectivity index (χ0v) is 18.4. The predicted octanol–water partition coefficient (Wildman–Crippen LogP) is 1.92. The van der Waals surface area contributed by atoms with E-state index in [2.05, 4.69) is 17.4 Å². The van der Waals surface area contributed by atoms with Gasteiger partial charge in [-0.3, -0.25) is 14.8 Å². The zero-order valence-electron chi connectivity index (χ0n) is 18.4. The SMILES string of the molecule is N/C(=C\N(N)[C@@H](CC(=O)NO)Cc1ccc2c(c1)CCCC2)CNC(=O)c1ccc(F)cc1. The van der Waals surface area contributed by atoms with Crippen molar-refractivity contribution >= 4 is 11.8 Å². The molecule has 7 N–H and O–H groups in total. The van der Waals surface area contributed by atoms with Crippen molar-refractivity contribution in [1.29, 1.82) is 0 Å². The van der Waals surface area contributed by atoms with Gasteiger partial charge in [-0.15, -0.1) is 0 Å². The van der Waals surface area contributed by atoms with Crippen molar-refractivity contribution in [2.45, 2.75) is 44.6 Å². The molecule has 2 amide bonds. The third-order valence-corrected chi connectivity index (χ3v) is 5.73. The van der Waals surface area contributed by atoms with Crippen molar-refractivity contribution < 1.29 is 19.2 Å². The first-order valence-electron chi connectivity index (χ1n) is 10.9. The molecule has 1 aliphatic carbocycles. The number of benzene rings is 2. The predicted molar refractivity (Wildman–Crippen MR) is 122 cm³/mol. The molecule has 0 aromatic heterocycles. The van der Waals surface area contributed by atoms with Crippen LogP contribution in [-0.4, -0.2) is 34.6 Å². The first-order valence-corrected chi connectivity index (χ1v) is 10.9. The standard InChI is InChI=1S/C24H30FN5O3/c25-20-9-7-18(8-10-20)24(32)28-14-21(26)15-30(27)22(13-23(31)29-33)12-16-5-6-17-3-1-2-4-19(17)11-16/h5-11,15,22,33H,1-4,12-14,26-27H2,(H,28,32)(H,29,31)/b21-15-/t22-/m1/s1. The van der Waals surface area contributed by atoms with Gasteiger partial charge in [-0.25, -0.2) is 15.7 Å². The van der Waals surface area contributed by atoms with Crippen molar-refractivity contribution in [1.82, 2.24) is 15.8 Å². The molecule has 0 spiro atoms. The average Bonchev–Trinajstić information content (AvgIpc) is 2.82. The lowest BCUT2D eigenvalue weighted by atomic mass is 9.89. The molecule has 0 unspecified atom stereocenters. The summed E-state index contributed by atoms with van der Waals surface area (Å²) in [6.45, 7) is 0.0155. The van der Waals surface area contributed by atoms with Crippen molar-refractivity contribution in [3.63, 3.8) is 0 Å². The highest BCUT2D eigenvalue weighted by atomic mass is 19.1. The Morgan fingerprint density at radius 1 is 1.12 bits per heavy atom. The molecule has 0 fully saturated rings. The second-order valence-corrected chi connectivity index (χ2v) is 8.25. The van der Waals surface area contributed by atoms with Gasteiger partial charge in [-0.2, -0.15) is 0 Å². The summed E-state index contributed by atoms with van der Waals surface area (Å²) in [5.41, 5.74) is 12.0. The lowest BCUT2D eigenvalue weighted by molar-refractivity contribution is -0.130. The fourth-order valence-corrected chi connectivity index (χ4v) is 3.96. The maximum Gasteiger partial charge on any atom is 0.251 e. The number of hydrazine groups is 1. The summed E-state index contributed by atoms with van der Waals surface area (Å²) < 4.78 is 13.0. The number of rotatable bonds is 9. The van der Waals surface area contributed by atoms with E-state index in [1.54, 1.807) is 5.48 Å². The molecule has 3 rings (SSSR count). The number of halogens is 1. The number of carbonyl (C=O) groups excluding carboxylic acids is 2. The van der Waals surface area contributed by atoms with Crippen molar-refractivity contribution in [2.75, 3.05) is 6.54 Å². The molecule has 0 saturated heterocycles. The van der Waals surface area contributed by atoms with E-state index in [9.17, 15) is 14.0 Å². The van der Waals surface area contributed by atoms with Crippen LogP contribution in [0.15, 0.2) is 54.4 Å². The van der Waals surface area contributed by atoms with Gasteiger partial charge in [0, 0.05) is 17.5 Å². The first kappa shape index (κ1) is 24.2. The molecule has 33 heavy (non-hydrogen) atoms. The Bertz CT molecular complexity index is 1010. The minimum absolute atomic E-state index is 0.0155. The highest BCUT2D eigenvalue weighted by Gasteiger charge is 2.20. The van der Waals surface area contributed by atoms with Crippen molar-refractivity contribution in [3.05, 3.63) is 82.4 Å². The van der Waals surface area contributed by atoms with Crippen LogP contribution < -0.4 is 22.4 Å². The van der Waals surface area contributed by atoms with Crippen LogP contribution in [0.25, 0.3) is 0 Å². The molecule has 0 heterocycles. The van der Waals surface area contributed by atoms with Crippen LogP contribution in [0.4, 0.5) is 4.39 Å². The molecule has 2 aromatic rings. The summed E-state index contributed by atoms with van der Waals surface area (Å²) in [5.74, 6) is 4.81. The summed E-state index contributed by atoms with van der Waals surface area (Å²) in [6.07, 6.45) is 6.37. The summed E-state index contributed by atoms with van der Waals surface area (Å²) >= 11 is 0. The molecule has 1 atom stereocenters. The van der Waals surface area contributed by atoms with Gasteiger partial charge in [0.25, 0.3) is 5.91 Å². The van der Waals surface area contributed by atoms with Crippen LogP contribution in [0.5, 0.6) is 0 Å². The summed E-state index contributed by atoms with van der Waals surface area (Å²) in [6, 6.07) is 11.0. The van der Waals surface area contributed by atoms with E-state index in [0.717, 1.165) is 18.4 Å². The molecular weight excluding hydrogens is 425 g/mol. The van der Waals surface area contributed by atoms with Crippen molar-refractivity contribution in [2.24, 2.45) is 11.6 Å². The van der Waals surface area contributed by atoms with Gasteiger partial charge in [0.1, 0.15) is 5.82 Å². The van der Waals surface area contributed by atoms with E-state index in [-0.39, 0.29) is 18.7 Å². The van der Waals surface area contributed by atoms with Gasteiger partial charge in [-0.05, 0) is 73.1 Å². The second-order valence-electron chi connectivity index (χ2n) is 8.25. The van der Waals surface area contributed by atoms with Crippen LogP contribution in [0.3, 0.4) is 0 Å². The molecule has 0 radical (unpaired) electrons. The van der Waals surface area contributed by atoms with Crippen LogP contribution in [0, 0.1) is 5.82 Å². The Balaban J connectivity index is 1.65. The highest BCUT2D eigenvalue weighted by Crippen LogP contribution is 2.23. The number of carbonyl (C=O) groups is 2. The van der Waals surface area contributed by atoms with Crippen LogP contribution >= 0.6 is 0 Å². The Morgan fingerprint density at radius 2 is 1.82 bits per heavy atom. The molecule has 0 saturated carbocycles. The third kappa shape index (κ3) is 7.03. The molecule has 0 bridgehead atoms. The zero-order chi connectivity index (χ0) is 23.8.